The molecule has 0 amide bonds. The maximum absolute atomic E-state index is 15.0. The van der Waals surface area contributed by atoms with E-state index in [0.29, 0.717) is 41.8 Å². The second-order valence-corrected chi connectivity index (χ2v) is 9.87. The smallest absolute Gasteiger partial charge is 0.255 e. The first-order chi connectivity index (χ1) is 18.1. The van der Waals surface area contributed by atoms with Crippen molar-refractivity contribution in [2.75, 3.05) is 43.9 Å². The zero-order valence-corrected chi connectivity index (χ0v) is 21.4. The number of alkyl halides is 3. The first kappa shape index (κ1) is 27.1. The summed E-state index contributed by atoms with van der Waals surface area (Å²) in [6.45, 7) is 4.44. The molecular formula is C25H30F3N9O. The molecule has 1 aromatic carbocycles. The topological polar surface area (TPSA) is 127 Å². The third-order valence-corrected chi connectivity index (χ3v) is 6.41. The highest BCUT2D eigenvalue weighted by Gasteiger charge is 2.33. The SMILES string of the molecule is COc1nc(N[C@H]2CCN(CC(C)(C)C#N)C[C@H]2F)nn2ccc(-c3ccc(N=N)c(NCC(F)F)c3)c12. The molecule has 0 unspecified atom stereocenters. The summed E-state index contributed by atoms with van der Waals surface area (Å²) >= 11 is 0. The van der Waals surface area contributed by atoms with Gasteiger partial charge in [0, 0.05) is 31.4 Å². The third kappa shape index (κ3) is 5.96. The molecule has 0 aliphatic carbocycles. The highest BCUT2D eigenvalue weighted by molar-refractivity contribution is 5.87. The van der Waals surface area contributed by atoms with Gasteiger partial charge in [0.25, 0.3) is 6.43 Å². The Morgan fingerprint density at radius 2 is 2.13 bits per heavy atom. The third-order valence-electron chi connectivity index (χ3n) is 6.41. The van der Waals surface area contributed by atoms with Gasteiger partial charge < -0.3 is 15.4 Å². The van der Waals surface area contributed by atoms with Crippen LogP contribution in [0.4, 0.5) is 30.5 Å². The lowest BCUT2D eigenvalue weighted by atomic mass is 9.93. The highest BCUT2D eigenvalue weighted by Crippen LogP contribution is 2.36. The van der Waals surface area contributed by atoms with Crippen molar-refractivity contribution in [2.24, 2.45) is 10.5 Å². The van der Waals surface area contributed by atoms with E-state index in [1.54, 1.807) is 35.0 Å². The fourth-order valence-corrected chi connectivity index (χ4v) is 4.59. The number of rotatable bonds is 10. The van der Waals surface area contributed by atoms with Crippen LogP contribution in [0.25, 0.3) is 16.6 Å². The lowest BCUT2D eigenvalue weighted by Gasteiger charge is -2.37. The van der Waals surface area contributed by atoms with Crippen molar-refractivity contribution in [3.05, 3.63) is 30.5 Å². The van der Waals surface area contributed by atoms with Gasteiger partial charge in [-0.05, 0) is 44.0 Å². The number of ether oxygens (including phenoxy) is 1. The molecule has 38 heavy (non-hydrogen) atoms. The molecule has 202 valence electrons. The van der Waals surface area contributed by atoms with Gasteiger partial charge in [0.2, 0.25) is 11.8 Å². The normalized spacial score (nSPS) is 18.4. The summed E-state index contributed by atoms with van der Waals surface area (Å²) in [5.74, 6) is 0.458. The summed E-state index contributed by atoms with van der Waals surface area (Å²) in [6, 6.07) is 8.45. The maximum Gasteiger partial charge on any atom is 0.255 e. The van der Waals surface area contributed by atoms with E-state index in [2.05, 4.69) is 31.9 Å². The van der Waals surface area contributed by atoms with Gasteiger partial charge in [0.15, 0.2) is 0 Å². The zero-order valence-electron chi connectivity index (χ0n) is 21.4. The number of methoxy groups -OCH3 is 1. The van der Waals surface area contributed by atoms with Crippen molar-refractivity contribution >= 4 is 22.8 Å². The molecular weight excluding hydrogens is 499 g/mol. The Kier molecular flexibility index (Phi) is 8.01. The summed E-state index contributed by atoms with van der Waals surface area (Å²) < 4.78 is 47.6. The fourth-order valence-electron chi connectivity index (χ4n) is 4.59. The molecule has 2 aromatic heterocycles. The molecule has 1 aliphatic heterocycles. The Hall–Kier alpha value is -3.92. The van der Waals surface area contributed by atoms with E-state index < -0.39 is 30.6 Å². The molecule has 0 radical (unpaired) electrons. The number of benzene rings is 1. The second-order valence-electron chi connectivity index (χ2n) is 9.87. The summed E-state index contributed by atoms with van der Waals surface area (Å²) in [6.07, 6.45) is -1.52. The van der Waals surface area contributed by atoms with Gasteiger partial charge in [0.05, 0.1) is 36.9 Å². The number of likely N-dealkylation sites (tertiary alicyclic amines) is 1. The number of aromatic nitrogens is 3. The first-order valence-electron chi connectivity index (χ1n) is 12.2. The molecule has 13 heteroatoms. The Labute approximate surface area is 218 Å². The van der Waals surface area contributed by atoms with Crippen molar-refractivity contribution in [2.45, 2.75) is 38.9 Å². The highest BCUT2D eigenvalue weighted by atomic mass is 19.3. The van der Waals surface area contributed by atoms with Crippen LogP contribution in [0.1, 0.15) is 20.3 Å². The van der Waals surface area contributed by atoms with Crippen molar-refractivity contribution in [1.82, 2.24) is 19.5 Å². The summed E-state index contributed by atoms with van der Waals surface area (Å²) in [5, 5.41) is 22.9. The molecule has 3 aromatic rings. The van der Waals surface area contributed by atoms with Crippen LogP contribution in [0, 0.1) is 22.3 Å². The van der Waals surface area contributed by atoms with E-state index >= 15 is 4.39 Å². The van der Waals surface area contributed by atoms with Gasteiger partial charge in [-0.15, -0.1) is 5.10 Å². The number of nitriles is 1. The van der Waals surface area contributed by atoms with Gasteiger partial charge in [-0.1, -0.05) is 6.07 Å². The molecule has 0 bridgehead atoms. The number of hydrogen-bond acceptors (Lipinski definition) is 9. The molecule has 3 heterocycles. The van der Waals surface area contributed by atoms with Crippen molar-refractivity contribution in [3.63, 3.8) is 0 Å². The zero-order chi connectivity index (χ0) is 27.4. The van der Waals surface area contributed by atoms with Crippen molar-refractivity contribution in [3.8, 4) is 23.1 Å². The lowest BCUT2D eigenvalue weighted by molar-refractivity contribution is 0.104. The predicted molar refractivity (Wildman–Crippen MR) is 137 cm³/mol. The van der Waals surface area contributed by atoms with E-state index in [4.69, 9.17) is 10.3 Å². The van der Waals surface area contributed by atoms with E-state index in [-0.39, 0.29) is 24.1 Å². The Bertz CT molecular complexity index is 1340. The largest absolute Gasteiger partial charge is 0.479 e. The number of fused-ring (bicyclic) bond motifs is 1. The maximum atomic E-state index is 15.0. The second kappa shape index (κ2) is 11.2. The van der Waals surface area contributed by atoms with E-state index in [9.17, 15) is 14.0 Å². The average Bonchev–Trinajstić information content (AvgIpc) is 3.32. The lowest BCUT2D eigenvalue weighted by Crippen LogP contribution is -2.50. The molecule has 0 saturated carbocycles. The summed E-state index contributed by atoms with van der Waals surface area (Å²) in [4.78, 5) is 6.42. The van der Waals surface area contributed by atoms with Gasteiger partial charge in [-0.2, -0.15) is 15.4 Å². The minimum atomic E-state index is -2.56. The van der Waals surface area contributed by atoms with Gasteiger partial charge in [-0.25, -0.2) is 23.2 Å². The number of nitrogens with zero attached hydrogens (tertiary/aromatic N) is 6. The standard InChI is InChI=1S/C25H30F3N9O/c1-25(2,13-29)14-36-8-7-18(17(26)12-36)32-24-33-23(38-3)22-16(6-9-37(22)35-24)15-4-5-19(34-30)20(10-15)31-11-21(27)28/h4-6,9-10,17-18,21,30-31H,7-8,11-12,14H2,1-3H3,(H,32,35)/t17-,18+/m1/s1. The molecule has 4 rings (SSSR count). The Balaban J connectivity index is 1.57. The first-order valence-corrected chi connectivity index (χ1v) is 12.2. The average molecular weight is 530 g/mol. The van der Waals surface area contributed by atoms with Crippen LogP contribution in [-0.2, 0) is 0 Å². The van der Waals surface area contributed by atoms with Gasteiger partial charge in [-0.3, -0.25) is 4.90 Å². The number of piperidine rings is 1. The number of nitrogens with one attached hydrogen (secondary N) is 3. The number of anilines is 2. The molecule has 1 fully saturated rings. The minimum absolute atomic E-state index is 0.206. The molecule has 1 aliphatic rings. The van der Waals surface area contributed by atoms with Gasteiger partial charge >= 0.3 is 0 Å². The van der Waals surface area contributed by atoms with Crippen molar-refractivity contribution in [1.29, 1.82) is 10.8 Å². The van der Waals surface area contributed by atoms with E-state index in [1.807, 2.05) is 18.7 Å². The fraction of sp³-hybridized carbons (Fsp3) is 0.480. The van der Waals surface area contributed by atoms with Crippen LogP contribution < -0.4 is 15.4 Å². The van der Waals surface area contributed by atoms with E-state index in [1.165, 1.54) is 7.11 Å². The molecule has 2 atom stereocenters. The van der Waals surface area contributed by atoms with Crippen molar-refractivity contribution < 1.29 is 17.9 Å². The van der Waals surface area contributed by atoms with Crippen LogP contribution >= 0.6 is 0 Å². The van der Waals surface area contributed by atoms with Crippen LogP contribution in [0.3, 0.4) is 0 Å². The minimum Gasteiger partial charge on any atom is -0.479 e. The van der Waals surface area contributed by atoms with E-state index in [0.717, 1.165) is 0 Å². The molecule has 10 nitrogen and oxygen atoms in total. The van der Waals surface area contributed by atoms with Gasteiger partial charge in [0.1, 0.15) is 17.4 Å². The van der Waals surface area contributed by atoms with Crippen LogP contribution in [0.15, 0.2) is 35.6 Å². The molecule has 3 N–H and O–H groups in total. The predicted octanol–water partition coefficient (Wildman–Crippen LogP) is 5.12. The monoisotopic (exact) mass is 529 g/mol. The van der Waals surface area contributed by atoms with Crippen LogP contribution in [0.5, 0.6) is 5.88 Å². The van der Waals surface area contributed by atoms with Crippen LogP contribution in [-0.4, -0.2) is 71.4 Å². The molecule has 0 spiro atoms. The summed E-state index contributed by atoms with van der Waals surface area (Å²) in [7, 11) is 1.47. The Morgan fingerprint density at radius 3 is 2.79 bits per heavy atom. The van der Waals surface area contributed by atoms with Crippen LogP contribution in [0.2, 0.25) is 0 Å². The Morgan fingerprint density at radius 1 is 1.34 bits per heavy atom. The molecule has 1 saturated heterocycles. The number of halogens is 3. The number of hydrogen-bond donors (Lipinski definition) is 3. The summed E-state index contributed by atoms with van der Waals surface area (Å²) in [5.41, 5.74) is 9.18. The quantitative estimate of drug-likeness (QED) is 0.311.